The summed E-state index contributed by atoms with van der Waals surface area (Å²) in [5.41, 5.74) is -0.793. The zero-order valence-electron chi connectivity index (χ0n) is 21.4. The summed E-state index contributed by atoms with van der Waals surface area (Å²) in [7, 11) is -3.00. The number of ether oxygens (including phenoxy) is 1. The van der Waals surface area contributed by atoms with Crippen LogP contribution in [-0.4, -0.2) is 109 Å². The quantitative estimate of drug-likeness (QED) is 0.374. The summed E-state index contributed by atoms with van der Waals surface area (Å²) >= 11 is 0.593. The Balaban J connectivity index is 1.51. The van der Waals surface area contributed by atoms with Crippen LogP contribution in [0.3, 0.4) is 0 Å². The van der Waals surface area contributed by atoms with E-state index in [1.54, 1.807) is 0 Å². The fourth-order valence-corrected chi connectivity index (χ4v) is 6.49. The molecule has 0 atom stereocenters. The van der Waals surface area contributed by atoms with E-state index < -0.39 is 46.0 Å². The Kier molecular flexibility index (Phi) is 7.76. The summed E-state index contributed by atoms with van der Waals surface area (Å²) in [5.74, 6) is 0. The van der Waals surface area contributed by atoms with E-state index in [-0.39, 0.29) is 54.9 Å². The number of piperazine rings is 1. The Morgan fingerprint density at radius 2 is 1.93 bits per heavy atom. The van der Waals surface area contributed by atoms with E-state index in [0.29, 0.717) is 22.4 Å². The third kappa shape index (κ3) is 5.64. The number of benzene rings is 1. The first-order chi connectivity index (χ1) is 19.4. The first kappa shape index (κ1) is 28.9. The second-order valence-electron chi connectivity index (χ2n) is 9.48. The normalized spacial score (nSPS) is 17.2. The third-order valence-electron chi connectivity index (χ3n) is 6.62. The Bertz CT molecular complexity index is 1600. The van der Waals surface area contributed by atoms with Gasteiger partial charge in [-0.3, -0.25) is 0 Å². The molecule has 1 N–H and O–H groups in total. The molecule has 2 fully saturated rings. The fraction of sp³-hybridized carbons (Fsp3) is 0.500. The van der Waals surface area contributed by atoms with E-state index in [9.17, 15) is 36.0 Å². The molecule has 41 heavy (non-hydrogen) atoms. The lowest BCUT2D eigenvalue weighted by Gasteiger charge is -2.38. The molecule has 2 saturated heterocycles. The molecule has 1 aromatic carbocycles. The van der Waals surface area contributed by atoms with Crippen LogP contribution in [-0.2, 0) is 14.8 Å². The number of halogens is 4. The lowest BCUT2D eigenvalue weighted by molar-refractivity contribution is -0.0324. The third-order valence-corrected chi connectivity index (χ3v) is 9.04. The lowest BCUT2D eigenvalue weighted by atomic mass is 10.0. The minimum absolute atomic E-state index is 0.0119. The van der Waals surface area contributed by atoms with Gasteiger partial charge in [-0.2, -0.15) is 15.1 Å². The molecule has 0 unspecified atom stereocenters. The van der Waals surface area contributed by atoms with Crippen LogP contribution >= 0.6 is 11.3 Å². The molecule has 220 valence electrons. The van der Waals surface area contributed by atoms with Gasteiger partial charge in [-0.15, -0.1) is 10.2 Å². The van der Waals surface area contributed by atoms with Crippen LogP contribution in [0.2, 0.25) is 0 Å². The number of hydrogen-bond acceptors (Lipinski definition) is 10. The first-order valence-electron chi connectivity index (χ1n) is 12.1. The molecule has 2 amide bonds. The smallest absolute Gasteiger partial charge is 0.320 e. The summed E-state index contributed by atoms with van der Waals surface area (Å²) in [6, 6.07) is 4.05. The number of nitriles is 1. The number of anilines is 1. The topological polar surface area (TPSA) is 150 Å². The number of amides is 2. The maximum Gasteiger partial charge on any atom is 0.320 e. The van der Waals surface area contributed by atoms with Crippen molar-refractivity contribution in [1.82, 2.24) is 34.5 Å². The van der Waals surface area contributed by atoms with Crippen molar-refractivity contribution < 1.29 is 35.5 Å². The minimum atomic E-state index is -4.29. The van der Waals surface area contributed by atoms with E-state index in [4.69, 9.17) is 4.74 Å². The Morgan fingerprint density at radius 1 is 1.22 bits per heavy atom. The highest BCUT2D eigenvalue weighted by Crippen LogP contribution is 2.34. The summed E-state index contributed by atoms with van der Waals surface area (Å²) in [6.45, 7) is -0.175. The predicted octanol–water partition coefficient (Wildman–Crippen LogP) is 1.82. The van der Waals surface area contributed by atoms with Gasteiger partial charge in [-0.1, -0.05) is 11.3 Å². The summed E-state index contributed by atoms with van der Waals surface area (Å²) < 4.78 is 87.3. The SMILES string of the molecule is CN(CC(F)F)C(=O)N1CCN(c2cc(S(=O)(=O)NC3(C#N)COC3)cc3c2cnn3-c2nnc(C(F)F)s2)CC1. The fourth-order valence-electron chi connectivity index (χ4n) is 4.49. The molecule has 0 aliphatic carbocycles. The summed E-state index contributed by atoms with van der Waals surface area (Å²) in [6.07, 6.45) is -4.10. The number of aromatic nitrogens is 4. The average molecular weight is 618 g/mol. The number of rotatable bonds is 8. The molecule has 19 heteroatoms. The van der Waals surface area contributed by atoms with Crippen molar-refractivity contribution in [3.05, 3.63) is 23.3 Å². The van der Waals surface area contributed by atoms with Crippen LogP contribution < -0.4 is 9.62 Å². The number of urea groups is 1. The zero-order chi connectivity index (χ0) is 29.5. The van der Waals surface area contributed by atoms with Crippen molar-refractivity contribution in [1.29, 1.82) is 5.26 Å². The number of carbonyl (C=O) groups excluding carboxylic acids is 1. The van der Waals surface area contributed by atoms with E-state index in [2.05, 4.69) is 20.0 Å². The highest BCUT2D eigenvalue weighted by molar-refractivity contribution is 7.89. The standard InChI is InChI=1S/C22H23F4N9O4S2/c1-32(9-17(23)24)21(36)34-4-2-33(3-5-34)15-6-13(41(37,38)31-22(10-27)11-39-12-22)7-16-14(15)8-28-35(16)20-30-29-19(40-20)18(25)26/h6-8,17-18,31H,2-5,9,11-12H2,1H3. The Labute approximate surface area is 234 Å². The molecular weight excluding hydrogens is 594 g/mol. The zero-order valence-corrected chi connectivity index (χ0v) is 23.0. The summed E-state index contributed by atoms with van der Waals surface area (Å²) in [4.78, 5) is 16.5. The van der Waals surface area contributed by atoms with Crippen LogP contribution in [0.15, 0.2) is 23.2 Å². The number of fused-ring (bicyclic) bond motifs is 1. The van der Waals surface area contributed by atoms with E-state index in [1.165, 1.54) is 35.0 Å². The molecule has 4 heterocycles. The average Bonchev–Trinajstić information content (AvgIpc) is 3.57. The van der Waals surface area contributed by atoms with Crippen molar-refractivity contribution in [2.24, 2.45) is 0 Å². The van der Waals surface area contributed by atoms with Crippen LogP contribution in [0.25, 0.3) is 16.0 Å². The maximum absolute atomic E-state index is 13.4. The molecule has 13 nitrogen and oxygen atoms in total. The number of alkyl halides is 4. The van der Waals surface area contributed by atoms with E-state index in [1.807, 2.05) is 11.0 Å². The van der Waals surface area contributed by atoms with Gasteiger partial charge in [0, 0.05) is 44.3 Å². The molecule has 2 aromatic heterocycles. The van der Waals surface area contributed by atoms with Crippen molar-refractivity contribution in [3.8, 4) is 11.2 Å². The molecule has 2 aliphatic rings. The van der Waals surface area contributed by atoms with Crippen LogP contribution in [0, 0.1) is 11.3 Å². The number of nitrogens with one attached hydrogen (secondary N) is 1. The van der Waals surface area contributed by atoms with Gasteiger partial charge in [0.15, 0.2) is 10.5 Å². The monoisotopic (exact) mass is 617 g/mol. The number of carbonyl (C=O) groups is 1. The van der Waals surface area contributed by atoms with Crippen LogP contribution in [0.5, 0.6) is 0 Å². The molecule has 0 bridgehead atoms. The largest absolute Gasteiger partial charge is 0.375 e. The van der Waals surface area contributed by atoms with Crippen molar-refractivity contribution in [2.45, 2.75) is 23.3 Å². The highest BCUT2D eigenvalue weighted by atomic mass is 32.2. The van der Waals surface area contributed by atoms with Crippen molar-refractivity contribution >= 4 is 44.0 Å². The van der Waals surface area contributed by atoms with E-state index >= 15 is 0 Å². The van der Waals surface area contributed by atoms with Crippen molar-refractivity contribution in [3.63, 3.8) is 0 Å². The molecule has 3 aromatic rings. The highest BCUT2D eigenvalue weighted by Gasteiger charge is 2.43. The van der Waals surface area contributed by atoms with Gasteiger partial charge in [0.25, 0.3) is 12.9 Å². The van der Waals surface area contributed by atoms with E-state index in [0.717, 1.165) is 4.90 Å². The minimum Gasteiger partial charge on any atom is -0.375 e. The van der Waals surface area contributed by atoms with Gasteiger partial charge in [0.1, 0.15) is 0 Å². The molecule has 0 spiro atoms. The lowest BCUT2D eigenvalue weighted by Crippen LogP contribution is -2.61. The number of nitrogens with zero attached hydrogens (tertiary/aromatic N) is 8. The maximum atomic E-state index is 13.4. The van der Waals surface area contributed by atoms with Gasteiger partial charge in [-0.05, 0) is 12.1 Å². The van der Waals surface area contributed by atoms with Gasteiger partial charge < -0.3 is 19.4 Å². The first-order valence-corrected chi connectivity index (χ1v) is 14.4. The molecule has 0 saturated carbocycles. The van der Waals surface area contributed by atoms with Gasteiger partial charge >= 0.3 is 6.03 Å². The number of sulfonamides is 1. The van der Waals surface area contributed by atoms with Crippen molar-refractivity contribution in [2.75, 3.05) is 57.9 Å². The molecule has 5 rings (SSSR count). The molecular formula is C22H23F4N9O4S2. The molecule has 2 aliphatic heterocycles. The van der Waals surface area contributed by atoms with Crippen LogP contribution in [0.1, 0.15) is 11.4 Å². The second-order valence-corrected chi connectivity index (χ2v) is 12.1. The summed E-state index contributed by atoms with van der Waals surface area (Å²) in [5, 5.41) is 20.9. The van der Waals surface area contributed by atoms with Crippen LogP contribution in [0.4, 0.5) is 28.0 Å². The van der Waals surface area contributed by atoms with Gasteiger partial charge in [0.2, 0.25) is 15.2 Å². The second kappa shape index (κ2) is 11.0. The molecule has 0 radical (unpaired) electrons. The Hall–Kier alpha value is -3.60. The predicted molar refractivity (Wildman–Crippen MR) is 137 cm³/mol. The van der Waals surface area contributed by atoms with Gasteiger partial charge in [-0.25, -0.2) is 35.5 Å². The Morgan fingerprint density at radius 3 is 2.49 bits per heavy atom. The number of hydrogen-bond donors (Lipinski definition) is 1. The van der Waals surface area contributed by atoms with Gasteiger partial charge in [0.05, 0.1) is 42.4 Å².